The molecule has 1 aliphatic heterocycles. The number of rotatable bonds is 4. The van der Waals surface area contributed by atoms with E-state index in [-0.39, 0.29) is 42.5 Å². The van der Waals surface area contributed by atoms with Crippen molar-refractivity contribution in [3.05, 3.63) is 65.9 Å². The summed E-state index contributed by atoms with van der Waals surface area (Å²) in [5.41, 5.74) is 2.61. The third-order valence-electron chi connectivity index (χ3n) is 5.32. The van der Waals surface area contributed by atoms with E-state index >= 15 is 0 Å². The molecule has 1 aliphatic rings. The molecule has 1 atom stereocenters. The SMILES string of the molecule is CC(=O)n1cc([C@@H](c2ccc(OC(F)(F)F)cc2)N2CCNCC2)c2ccccc21.Cl.Cl. The standard InChI is InChI=1S/C22H22F3N3O2.2ClH/c1-15(29)28-14-19(18-4-2-3-5-20(18)28)21(27-12-10-26-11-13-27)16-6-8-17(9-7-16)30-22(23,24)25;;/h2-9,14,21,26H,10-13H2,1H3;2*1H/t21-;;/m1../s1. The summed E-state index contributed by atoms with van der Waals surface area (Å²) in [6.07, 6.45) is -2.88. The molecule has 0 amide bonds. The Kier molecular flexibility index (Phi) is 8.59. The van der Waals surface area contributed by atoms with Gasteiger partial charge in [0.2, 0.25) is 5.91 Å². The lowest BCUT2D eigenvalue weighted by molar-refractivity contribution is -0.274. The number of hydrogen-bond donors (Lipinski definition) is 1. The van der Waals surface area contributed by atoms with E-state index in [4.69, 9.17) is 0 Å². The topological polar surface area (TPSA) is 46.5 Å². The number of ether oxygens (including phenoxy) is 1. The van der Waals surface area contributed by atoms with E-state index in [1.54, 1.807) is 16.7 Å². The molecule has 0 saturated carbocycles. The molecule has 4 rings (SSSR count). The van der Waals surface area contributed by atoms with Crippen LogP contribution in [0.2, 0.25) is 0 Å². The molecule has 1 N–H and O–H groups in total. The second-order valence-corrected chi connectivity index (χ2v) is 7.30. The van der Waals surface area contributed by atoms with Gasteiger partial charge >= 0.3 is 6.36 Å². The number of para-hydroxylation sites is 1. The van der Waals surface area contributed by atoms with Crippen molar-refractivity contribution in [1.29, 1.82) is 0 Å². The summed E-state index contributed by atoms with van der Waals surface area (Å²) in [5, 5.41) is 4.27. The summed E-state index contributed by atoms with van der Waals surface area (Å²) >= 11 is 0. The molecule has 3 aromatic rings. The maximum atomic E-state index is 12.5. The van der Waals surface area contributed by atoms with Gasteiger partial charge in [-0.3, -0.25) is 14.3 Å². The maximum Gasteiger partial charge on any atom is 0.573 e. The Bertz CT molecular complexity index is 1050. The normalized spacial score (nSPS) is 15.5. The summed E-state index contributed by atoms with van der Waals surface area (Å²) in [5.74, 6) is -0.345. The number of alkyl halides is 3. The molecular formula is C22H24Cl2F3N3O2. The third kappa shape index (κ3) is 5.56. The zero-order valence-electron chi connectivity index (χ0n) is 17.3. The number of carbonyl (C=O) groups is 1. The van der Waals surface area contributed by atoms with Crippen LogP contribution in [0.5, 0.6) is 5.75 Å². The summed E-state index contributed by atoms with van der Waals surface area (Å²) in [4.78, 5) is 14.5. The molecule has 10 heteroatoms. The third-order valence-corrected chi connectivity index (χ3v) is 5.32. The lowest BCUT2D eigenvalue weighted by Crippen LogP contribution is -2.45. The van der Waals surface area contributed by atoms with E-state index in [0.29, 0.717) is 0 Å². The van der Waals surface area contributed by atoms with Gasteiger partial charge in [-0.25, -0.2) is 0 Å². The van der Waals surface area contributed by atoms with Crippen LogP contribution in [0, 0.1) is 0 Å². The molecule has 1 aromatic heterocycles. The fraction of sp³-hybridized carbons (Fsp3) is 0.318. The van der Waals surface area contributed by atoms with Gasteiger partial charge in [0.1, 0.15) is 5.75 Å². The predicted molar refractivity (Wildman–Crippen MR) is 122 cm³/mol. The number of benzene rings is 2. The monoisotopic (exact) mass is 489 g/mol. The Balaban J connectivity index is 0.00000181. The van der Waals surface area contributed by atoms with Gasteiger partial charge in [0.15, 0.2) is 0 Å². The van der Waals surface area contributed by atoms with Crippen LogP contribution in [0.3, 0.4) is 0 Å². The number of hydrogen-bond acceptors (Lipinski definition) is 4. The number of aromatic nitrogens is 1. The molecule has 1 fully saturated rings. The van der Waals surface area contributed by atoms with Crippen molar-refractivity contribution in [1.82, 2.24) is 14.8 Å². The van der Waals surface area contributed by atoms with Crippen molar-refractivity contribution < 1.29 is 22.7 Å². The van der Waals surface area contributed by atoms with Crippen LogP contribution in [-0.2, 0) is 0 Å². The molecule has 0 radical (unpaired) electrons. The fourth-order valence-electron chi connectivity index (χ4n) is 4.06. The zero-order chi connectivity index (χ0) is 21.3. The van der Waals surface area contributed by atoms with E-state index < -0.39 is 6.36 Å². The highest BCUT2D eigenvalue weighted by Crippen LogP contribution is 2.36. The highest BCUT2D eigenvalue weighted by molar-refractivity contribution is 5.94. The van der Waals surface area contributed by atoms with E-state index in [1.807, 2.05) is 30.5 Å². The minimum Gasteiger partial charge on any atom is -0.406 e. The summed E-state index contributed by atoms with van der Waals surface area (Å²) in [7, 11) is 0. The quantitative estimate of drug-likeness (QED) is 0.557. The van der Waals surface area contributed by atoms with Crippen LogP contribution in [-0.4, -0.2) is 47.9 Å². The Morgan fingerprint density at radius 2 is 1.66 bits per heavy atom. The summed E-state index contributed by atoms with van der Waals surface area (Å²) < 4.78 is 43.3. The van der Waals surface area contributed by atoms with E-state index in [1.165, 1.54) is 19.1 Å². The maximum absolute atomic E-state index is 12.5. The second kappa shape index (κ2) is 10.6. The van der Waals surface area contributed by atoms with Gasteiger partial charge in [-0.1, -0.05) is 30.3 Å². The summed E-state index contributed by atoms with van der Waals surface area (Å²) in [6.45, 7) is 4.71. The first-order valence-electron chi connectivity index (χ1n) is 9.75. The van der Waals surface area contributed by atoms with Crippen LogP contribution in [0.4, 0.5) is 13.2 Å². The Morgan fingerprint density at radius 3 is 2.25 bits per heavy atom. The Hall–Kier alpha value is -2.26. The number of nitrogens with zero attached hydrogens (tertiary/aromatic N) is 2. The molecule has 0 aliphatic carbocycles. The van der Waals surface area contributed by atoms with Gasteiger partial charge in [0.05, 0.1) is 11.6 Å². The van der Waals surface area contributed by atoms with Gasteiger partial charge in [-0.2, -0.15) is 0 Å². The van der Waals surface area contributed by atoms with Gasteiger partial charge in [-0.15, -0.1) is 38.0 Å². The van der Waals surface area contributed by atoms with Crippen molar-refractivity contribution in [2.24, 2.45) is 0 Å². The first kappa shape index (κ1) is 26.0. The fourth-order valence-corrected chi connectivity index (χ4v) is 4.06. The van der Waals surface area contributed by atoms with Crippen molar-refractivity contribution in [2.75, 3.05) is 26.2 Å². The van der Waals surface area contributed by atoms with Gasteiger partial charge in [0, 0.05) is 44.7 Å². The minimum absolute atomic E-state index is 0. The largest absolute Gasteiger partial charge is 0.573 e. The Morgan fingerprint density at radius 1 is 1.03 bits per heavy atom. The van der Waals surface area contributed by atoms with Crippen LogP contribution in [0.1, 0.15) is 28.9 Å². The highest BCUT2D eigenvalue weighted by atomic mass is 35.5. The Labute approximate surface area is 196 Å². The molecule has 1 saturated heterocycles. The molecule has 2 heterocycles. The molecule has 0 unspecified atom stereocenters. The second-order valence-electron chi connectivity index (χ2n) is 7.30. The van der Waals surface area contributed by atoms with Crippen molar-refractivity contribution in [3.8, 4) is 5.75 Å². The number of carbonyl (C=O) groups excluding carboxylic acids is 1. The van der Waals surface area contributed by atoms with Crippen LogP contribution < -0.4 is 10.1 Å². The van der Waals surface area contributed by atoms with Crippen molar-refractivity contribution in [3.63, 3.8) is 0 Å². The summed E-state index contributed by atoms with van der Waals surface area (Å²) in [6, 6.07) is 13.5. The van der Waals surface area contributed by atoms with Crippen LogP contribution >= 0.6 is 24.8 Å². The number of nitrogens with one attached hydrogen (secondary N) is 1. The van der Waals surface area contributed by atoms with Crippen LogP contribution in [0.25, 0.3) is 10.9 Å². The average molecular weight is 490 g/mol. The van der Waals surface area contributed by atoms with Gasteiger partial charge in [0.25, 0.3) is 0 Å². The highest BCUT2D eigenvalue weighted by Gasteiger charge is 2.32. The molecule has 5 nitrogen and oxygen atoms in total. The minimum atomic E-state index is -4.73. The van der Waals surface area contributed by atoms with E-state index in [9.17, 15) is 18.0 Å². The smallest absolute Gasteiger partial charge is 0.406 e. The van der Waals surface area contributed by atoms with Gasteiger partial charge < -0.3 is 10.1 Å². The number of halogens is 5. The first-order chi connectivity index (χ1) is 14.3. The lowest BCUT2D eigenvalue weighted by Gasteiger charge is -2.35. The average Bonchev–Trinajstić information content (AvgIpc) is 3.09. The predicted octanol–water partition coefficient (Wildman–Crippen LogP) is 5.04. The van der Waals surface area contributed by atoms with E-state index in [2.05, 4.69) is 15.0 Å². The van der Waals surface area contributed by atoms with Crippen molar-refractivity contribution >= 4 is 41.6 Å². The van der Waals surface area contributed by atoms with Crippen LogP contribution in [0.15, 0.2) is 54.7 Å². The number of fused-ring (bicyclic) bond motifs is 1. The number of piperazine rings is 1. The molecule has 0 bridgehead atoms. The molecule has 174 valence electrons. The molecule has 2 aromatic carbocycles. The van der Waals surface area contributed by atoms with E-state index in [0.717, 1.165) is 48.2 Å². The van der Waals surface area contributed by atoms with Crippen molar-refractivity contribution in [2.45, 2.75) is 19.3 Å². The first-order valence-corrected chi connectivity index (χ1v) is 9.75. The van der Waals surface area contributed by atoms with Gasteiger partial charge in [-0.05, 0) is 29.3 Å². The molecular weight excluding hydrogens is 466 g/mol. The molecule has 0 spiro atoms. The lowest BCUT2D eigenvalue weighted by atomic mass is 9.96. The molecule has 32 heavy (non-hydrogen) atoms. The zero-order valence-corrected chi connectivity index (χ0v) is 18.9.